The van der Waals surface area contributed by atoms with Gasteiger partial charge in [-0.05, 0) is 30.7 Å². The first-order chi connectivity index (χ1) is 8.15. The molecule has 0 aromatic heterocycles. The van der Waals surface area contributed by atoms with Crippen LogP contribution in [-0.2, 0) is 0 Å². The number of phenols is 2. The van der Waals surface area contributed by atoms with Crippen LogP contribution in [0.25, 0.3) is 0 Å². The Morgan fingerprint density at radius 2 is 1.41 bits per heavy atom. The molecule has 2 N–H and O–H groups in total. The molecule has 0 aliphatic carbocycles. The highest BCUT2D eigenvalue weighted by molar-refractivity contribution is 5.78. The molecule has 0 atom stereocenters. The zero-order valence-electron chi connectivity index (χ0n) is 9.50. The Morgan fingerprint density at radius 3 is 1.76 bits per heavy atom. The summed E-state index contributed by atoms with van der Waals surface area (Å²) in [5.41, 5.74) is 1.25. The monoisotopic (exact) mass is 230 g/mol. The third kappa shape index (κ3) is 3.99. The highest BCUT2D eigenvalue weighted by Gasteiger charge is 1.93. The molecule has 0 unspecified atom stereocenters. The molecule has 2 aromatic rings. The zero-order chi connectivity index (χ0) is 12.7. The van der Waals surface area contributed by atoms with Crippen LogP contribution in [0, 0.1) is 6.92 Å². The van der Waals surface area contributed by atoms with Crippen molar-refractivity contribution in [3.8, 4) is 11.5 Å². The average molecular weight is 230 g/mol. The molecule has 0 amide bonds. The molecule has 0 saturated heterocycles. The predicted octanol–water partition coefficient (Wildman–Crippen LogP) is 2.91. The summed E-state index contributed by atoms with van der Waals surface area (Å²) in [5, 5.41) is 17.8. The summed E-state index contributed by atoms with van der Waals surface area (Å²) in [4.78, 5) is 10.1. The molecule has 88 valence electrons. The van der Waals surface area contributed by atoms with Crippen LogP contribution in [0.3, 0.4) is 0 Å². The van der Waals surface area contributed by atoms with Gasteiger partial charge in [-0.2, -0.15) is 0 Å². The molecular weight excluding hydrogens is 216 g/mol. The summed E-state index contributed by atoms with van der Waals surface area (Å²) >= 11 is 0. The Balaban J connectivity index is 0.000000171. The summed E-state index contributed by atoms with van der Waals surface area (Å²) in [6.07, 6.45) is 0.620. The summed E-state index contributed by atoms with van der Waals surface area (Å²) in [6, 6.07) is 13.7. The molecule has 0 aliphatic heterocycles. The van der Waals surface area contributed by atoms with Crippen molar-refractivity contribution < 1.29 is 15.0 Å². The predicted molar refractivity (Wildman–Crippen MR) is 66.3 cm³/mol. The van der Waals surface area contributed by atoms with E-state index in [9.17, 15) is 4.79 Å². The number of carbonyl (C=O) groups is 1. The summed E-state index contributed by atoms with van der Waals surface area (Å²) in [5.74, 6) is 0.403. The van der Waals surface area contributed by atoms with E-state index in [1.165, 1.54) is 6.07 Å². The van der Waals surface area contributed by atoms with Crippen LogP contribution >= 0.6 is 0 Å². The van der Waals surface area contributed by atoms with Crippen molar-refractivity contribution in [1.82, 2.24) is 0 Å². The molecule has 0 spiro atoms. The van der Waals surface area contributed by atoms with Gasteiger partial charge in [0.2, 0.25) is 0 Å². The van der Waals surface area contributed by atoms with Gasteiger partial charge in [0.1, 0.15) is 11.5 Å². The first kappa shape index (κ1) is 12.8. The number of rotatable bonds is 1. The van der Waals surface area contributed by atoms with Crippen LogP contribution in [0.4, 0.5) is 0 Å². The third-order valence-corrected chi connectivity index (χ3v) is 2.18. The number of hydrogen-bond donors (Lipinski definition) is 2. The van der Waals surface area contributed by atoms with E-state index >= 15 is 0 Å². The number of para-hydroxylation sites is 2. The van der Waals surface area contributed by atoms with Gasteiger partial charge in [-0.1, -0.05) is 30.3 Å². The number of carbonyl (C=O) groups excluding carboxylic acids is 1. The first-order valence-electron chi connectivity index (χ1n) is 5.13. The minimum Gasteiger partial charge on any atom is -0.508 e. The Kier molecular flexibility index (Phi) is 4.76. The second kappa shape index (κ2) is 6.33. The van der Waals surface area contributed by atoms with E-state index < -0.39 is 0 Å². The number of aryl methyl sites for hydroxylation is 1. The molecular formula is C14H14O3. The van der Waals surface area contributed by atoms with E-state index in [0.29, 0.717) is 17.6 Å². The molecule has 17 heavy (non-hydrogen) atoms. The highest BCUT2D eigenvalue weighted by Crippen LogP contribution is 2.12. The van der Waals surface area contributed by atoms with Crippen molar-refractivity contribution in [2.24, 2.45) is 0 Å². The zero-order valence-corrected chi connectivity index (χ0v) is 9.50. The van der Waals surface area contributed by atoms with E-state index in [2.05, 4.69) is 0 Å². The van der Waals surface area contributed by atoms with Crippen LogP contribution in [0.1, 0.15) is 15.9 Å². The van der Waals surface area contributed by atoms with Crippen molar-refractivity contribution in [3.05, 3.63) is 59.7 Å². The number of benzene rings is 2. The van der Waals surface area contributed by atoms with Crippen molar-refractivity contribution in [2.75, 3.05) is 0 Å². The fourth-order valence-electron chi connectivity index (χ4n) is 1.15. The molecule has 0 saturated carbocycles. The van der Waals surface area contributed by atoms with E-state index in [1.54, 1.807) is 24.3 Å². The van der Waals surface area contributed by atoms with Crippen LogP contribution in [0.5, 0.6) is 11.5 Å². The molecule has 3 heteroatoms. The largest absolute Gasteiger partial charge is 0.508 e. The van der Waals surface area contributed by atoms with Crippen molar-refractivity contribution in [3.63, 3.8) is 0 Å². The SMILES string of the molecule is Cc1ccccc1O.O=Cc1ccccc1O. The molecule has 0 bridgehead atoms. The fourth-order valence-corrected chi connectivity index (χ4v) is 1.15. The second-order valence-electron chi connectivity index (χ2n) is 3.46. The number of hydrogen-bond acceptors (Lipinski definition) is 3. The normalized spacial score (nSPS) is 9.00. The van der Waals surface area contributed by atoms with Gasteiger partial charge in [0.25, 0.3) is 0 Å². The molecule has 3 nitrogen and oxygen atoms in total. The van der Waals surface area contributed by atoms with Gasteiger partial charge in [-0.3, -0.25) is 4.79 Å². The maximum absolute atomic E-state index is 10.1. The van der Waals surface area contributed by atoms with Crippen molar-refractivity contribution in [1.29, 1.82) is 0 Å². The van der Waals surface area contributed by atoms with Crippen LogP contribution in [-0.4, -0.2) is 16.5 Å². The van der Waals surface area contributed by atoms with Gasteiger partial charge >= 0.3 is 0 Å². The van der Waals surface area contributed by atoms with Crippen LogP contribution in [0.15, 0.2) is 48.5 Å². The molecule has 0 aliphatic rings. The van der Waals surface area contributed by atoms with Gasteiger partial charge in [-0.15, -0.1) is 0 Å². The van der Waals surface area contributed by atoms with Gasteiger partial charge < -0.3 is 10.2 Å². The second-order valence-corrected chi connectivity index (χ2v) is 3.46. The average Bonchev–Trinajstić information content (AvgIpc) is 2.34. The Labute approximate surface area is 100.0 Å². The van der Waals surface area contributed by atoms with Gasteiger partial charge in [-0.25, -0.2) is 0 Å². The van der Waals surface area contributed by atoms with Crippen LogP contribution in [0.2, 0.25) is 0 Å². The Morgan fingerprint density at radius 1 is 0.882 bits per heavy atom. The lowest BCUT2D eigenvalue weighted by Gasteiger charge is -1.92. The summed E-state index contributed by atoms with van der Waals surface area (Å²) in [6.45, 7) is 1.87. The third-order valence-electron chi connectivity index (χ3n) is 2.18. The lowest BCUT2D eigenvalue weighted by Crippen LogP contribution is -1.77. The quantitative estimate of drug-likeness (QED) is 0.740. The van der Waals surface area contributed by atoms with Crippen molar-refractivity contribution >= 4 is 6.29 Å². The van der Waals surface area contributed by atoms with E-state index in [-0.39, 0.29) is 5.75 Å². The van der Waals surface area contributed by atoms with Gasteiger partial charge in [0.05, 0.1) is 5.56 Å². The lowest BCUT2D eigenvalue weighted by atomic mass is 10.2. The topological polar surface area (TPSA) is 57.5 Å². The van der Waals surface area contributed by atoms with Crippen LogP contribution < -0.4 is 0 Å². The van der Waals surface area contributed by atoms with E-state index in [0.717, 1.165) is 5.56 Å². The maximum atomic E-state index is 10.1. The molecule has 0 heterocycles. The maximum Gasteiger partial charge on any atom is 0.153 e. The Hall–Kier alpha value is -2.29. The minimum atomic E-state index is 0.0347. The minimum absolute atomic E-state index is 0.0347. The number of aldehydes is 1. The molecule has 2 aromatic carbocycles. The van der Waals surface area contributed by atoms with E-state index in [1.807, 2.05) is 25.1 Å². The standard InChI is InChI=1S/C7H6O2.C7H8O/c8-5-6-3-1-2-4-7(6)9;1-6-4-2-3-5-7(6)8/h1-5,9H;2-5,8H,1H3. The van der Waals surface area contributed by atoms with E-state index in [4.69, 9.17) is 10.2 Å². The van der Waals surface area contributed by atoms with Gasteiger partial charge in [0.15, 0.2) is 6.29 Å². The Bertz CT molecular complexity index is 471. The number of aromatic hydroxyl groups is 2. The fraction of sp³-hybridized carbons (Fsp3) is 0.0714. The first-order valence-corrected chi connectivity index (χ1v) is 5.13. The smallest absolute Gasteiger partial charge is 0.153 e. The lowest BCUT2D eigenvalue weighted by molar-refractivity contribution is 0.112. The summed E-state index contributed by atoms with van der Waals surface area (Å²) < 4.78 is 0. The molecule has 0 radical (unpaired) electrons. The molecule has 2 rings (SSSR count). The highest BCUT2D eigenvalue weighted by atomic mass is 16.3. The van der Waals surface area contributed by atoms with Gasteiger partial charge in [0, 0.05) is 0 Å². The van der Waals surface area contributed by atoms with Crippen molar-refractivity contribution in [2.45, 2.75) is 6.92 Å². The summed E-state index contributed by atoms with van der Waals surface area (Å²) in [7, 11) is 0. The molecule has 0 fully saturated rings. The number of phenolic OH excluding ortho intramolecular Hbond substituents is 2.